The molecule has 0 spiro atoms. The minimum Gasteiger partial charge on any atom is -0.493 e. The molecular weight excluding hydrogens is 395 g/mol. The molecule has 0 fully saturated rings. The van der Waals surface area contributed by atoms with Gasteiger partial charge >= 0.3 is 0 Å². The third-order valence-corrected chi connectivity index (χ3v) is 5.10. The van der Waals surface area contributed by atoms with E-state index in [-0.39, 0.29) is 30.6 Å². The summed E-state index contributed by atoms with van der Waals surface area (Å²) in [5.41, 5.74) is 10.7. The van der Waals surface area contributed by atoms with E-state index in [4.69, 9.17) is 10.5 Å². The molecule has 1 aliphatic rings. The smallest absolute Gasteiger partial charge is 0.207 e. The van der Waals surface area contributed by atoms with Crippen molar-refractivity contribution in [2.24, 2.45) is 0 Å². The van der Waals surface area contributed by atoms with E-state index < -0.39 is 0 Å². The molecule has 1 aromatic carbocycles. The van der Waals surface area contributed by atoms with Gasteiger partial charge in [0.1, 0.15) is 17.4 Å². The number of nitrogen functional groups attached to an aromatic ring is 1. The van der Waals surface area contributed by atoms with Gasteiger partial charge in [-0.2, -0.15) is 0 Å². The molecule has 0 saturated carbocycles. The van der Waals surface area contributed by atoms with Gasteiger partial charge in [-0.3, -0.25) is 4.98 Å². The third kappa shape index (κ3) is 3.05. The summed E-state index contributed by atoms with van der Waals surface area (Å²) < 4.78 is 21.8. The molecule has 0 atom stereocenters. The Labute approximate surface area is 172 Å². The van der Waals surface area contributed by atoms with E-state index in [1.54, 1.807) is 22.9 Å². The van der Waals surface area contributed by atoms with Crippen molar-refractivity contribution in [3.8, 4) is 16.9 Å². The van der Waals surface area contributed by atoms with Gasteiger partial charge in [0.05, 0.1) is 6.61 Å². The molecule has 29 heavy (non-hydrogen) atoms. The van der Waals surface area contributed by atoms with Gasteiger partial charge in [-0.15, -0.1) is 22.6 Å². The maximum atomic E-state index is 14.6. The highest BCUT2D eigenvalue weighted by Crippen LogP contribution is 2.32. The zero-order valence-corrected chi connectivity index (χ0v) is 16.4. The predicted molar refractivity (Wildman–Crippen MR) is 109 cm³/mol. The van der Waals surface area contributed by atoms with Crippen LogP contribution in [-0.4, -0.2) is 31.2 Å². The van der Waals surface area contributed by atoms with Gasteiger partial charge in [0.25, 0.3) is 0 Å². The van der Waals surface area contributed by atoms with E-state index in [2.05, 4.69) is 20.2 Å². The summed E-state index contributed by atoms with van der Waals surface area (Å²) in [6.45, 7) is 2.47. The van der Waals surface area contributed by atoms with Crippen molar-refractivity contribution in [2.45, 2.75) is 19.8 Å². The van der Waals surface area contributed by atoms with Crippen molar-refractivity contribution < 1.29 is 9.13 Å². The summed E-state index contributed by atoms with van der Waals surface area (Å²) in [7, 11) is 0. The molecule has 4 heterocycles. The number of nitrogens with zero attached hydrogens (tertiary/aromatic N) is 5. The molecule has 0 unspecified atom stereocenters. The Bertz CT molecular complexity index is 1230. The van der Waals surface area contributed by atoms with Crippen LogP contribution in [0.5, 0.6) is 5.75 Å². The summed E-state index contributed by atoms with van der Waals surface area (Å²) in [6.07, 6.45) is 4.33. The van der Waals surface area contributed by atoms with Crippen molar-refractivity contribution in [2.75, 3.05) is 12.3 Å². The van der Waals surface area contributed by atoms with Crippen molar-refractivity contribution in [1.82, 2.24) is 24.6 Å². The number of anilines is 1. The van der Waals surface area contributed by atoms with E-state index in [1.165, 1.54) is 6.07 Å². The van der Waals surface area contributed by atoms with E-state index in [0.29, 0.717) is 30.1 Å². The molecule has 9 heteroatoms. The van der Waals surface area contributed by atoms with Gasteiger partial charge in [-0.05, 0) is 25.1 Å². The summed E-state index contributed by atoms with van der Waals surface area (Å²) >= 11 is 0. The number of aromatic nitrogens is 5. The molecule has 0 saturated heterocycles. The van der Waals surface area contributed by atoms with Crippen LogP contribution in [0.1, 0.15) is 22.6 Å². The average molecular weight is 413 g/mol. The lowest BCUT2D eigenvalue weighted by Crippen LogP contribution is -2.07. The highest BCUT2D eigenvalue weighted by Gasteiger charge is 2.23. The standard InChI is InChI=1S/C20H17FN6O.ClH/c1-11-12(3-2-7-23-11)15-10-24-20(22)27-18(25-26-19(15)27)9-14-13-6-8-28-17(13)5-4-16(14)21;/h2-5,7,10H,6,8-9H2,1H3,(H2,22,24);1H. The summed E-state index contributed by atoms with van der Waals surface area (Å²) in [5.74, 6) is 1.22. The zero-order valence-electron chi connectivity index (χ0n) is 15.6. The molecule has 3 aromatic heterocycles. The zero-order chi connectivity index (χ0) is 19.3. The lowest BCUT2D eigenvalue weighted by atomic mass is 10.0. The lowest BCUT2D eigenvalue weighted by molar-refractivity contribution is 0.356. The highest BCUT2D eigenvalue weighted by atomic mass is 35.5. The maximum absolute atomic E-state index is 14.6. The SMILES string of the molecule is Cc1ncccc1-c1cnc(N)n2c(Cc3c(F)ccc4c3CCO4)nnc12.Cl. The number of hydrogen-bond acceptors (Lipinski definition) is 6. The molecule has 0 bridgehead atoms. The van der Waals surface area contributed by atoms with Crippen LogP contribution in [-0.2, 0) is 12.8 Å². The molecule has 4 aromatic rings. The average Bonchev–Trinajstić information content (AvgIpc) is 3.33. The summed E-state index contributed by atoms with van der Waals surface area (Å²) in [4.78, 5) is 8.64. The van der Waals surface area contributed by atoms with Gasteiger partial charge in [-0.1, -0.05) is 6.07 Å². The molecule has 5 rings (SSSR count). The Balaban J connectivity index is 0.00000205. The molecule has 0 amide bonds. The highest BCUT2D eigenvalue weighted by molar-refractivity contribution is 5.85. The number of halogens is 2. The summed E-state index contributed by atoms with van der Waals surface area (Å²) in [6, 6.07) is 6.90. The molecule has 0 radical (unpaired) electrons. The van der Waals surface area contributed by atoms with Gasteiger partial charge in [-0.25, -0.2) is 13.8 Å². The number of benzene rings is 1. The summed E-state index contributed by atoms with van der Waals surface area (Å²) in [5, 5.41) is 8.63. The first-order valence-electron chi connectivity index (χ1n) is 8.97. The number of rotatable bonds is 3. The number of hydrogen-bond donors (Lipinski definition) is 1. The van der Waals surface area contributed by atoms with Crippen LogP contribution >= 0.6 is 12.4 Å². The second-order valence-electron chi connectivity index (χ2n) is 6.72. The van der Waals surface area contributed by atoms with Crippen LogP contribution in [0.25, 0.3) is 16.8 Å². The van der Waals surface area contributed by atoms with Gasteiger partial charge in [0.2, 0.25) is 5.95 Å². The maximum Gasteiger partial charge on any atom is 0.207 e. The van der Waals surface area contributed by atoms with Crippen molar-refractivity contribution in [3.05, 3.63) is 65.1 Å². The second kappa shape index (κ2) is 7.29. The second-order valence-corrected chi connectivity index (χ2v) is 6.72. The Morgan fingerprint density at radius 1 is 1.17 bits per heavy atom. The Hall–Kier alpha value is -3.26. The van der Waals surface area contributed by atoms with Crippen LogP contribution in [0.2, 0.25) is 0 Å². The Morgan fingerprint density at radius 3 is 2.86 bits per heavy atom. The van der Waals surface area contributed by atoms with E-state index in [1.807, 2.05) is 19.1 Å². The Kier molecular flexibility index (Phi) is 4.79. The van der Waals surface area contributed by atoms with Crippen molar-refractivity contribution >= 4 is 24.0 Å². The largest absolute Gasteiger partial charge is 0.493 e. The first-order valence-corrected chi connectivity index (χ1v) is 8.97. The van der Waals surface area contributed by atoms with E-state index in [0.717, 1.165) is 28.1 Å². The molecule has 1 aliphatic heterocycles. The van der Waals surface area contributed by atoms with Crippen LogP contribution in [0.3, 0.4) is 0 Å². The normalized spacial score (nSPS) is 12.5. The van der Waals surface area contributed by atoms with E-state index in [9.17, 15) is 4.39 Å². The van der Waals surface area contributed by atoms with Gasteiger partial charge in [0, 0.05) is 53.2 Å². The van der Waals surface area contributed by atoms with E-state index >= 15 is 0 Å². The minimum absolute atomic E-state index is 0. The molecule has 148 valence electrons. The first-order chi connectivity index (χ1) is 13.6. The first kappa shape index (κ1) is 19.1. The fourth-order valence-corrected chi connectivity index (χ4v) is 3.72. The molecular formula is C20H18ClFN6O. The lowest BCUT2D eigenvalue weighted by Gasteiger charge is -2.10. The van der Waals surface area contributed by atoms with Crippen LogP contribution in [0, 0.1) is 12.7 Å². The van der Waals surface area contributed by atoms with Crippen molar-refractivity contribution in [3.63, 3.8) is 0 Å². The molecule has 7 nitrogen and oxygen atoms in total. The van der Waals surface area contributed by atoms with Crippen molar-refractivity contribution in [1.29, 1.82) is 0 Å². The number of pyridine rings is 1. The van der Waals surface area contributed by atoms with Crippen LogP contribution < -0.4 is 10.5 Å². The third-order valence-electron chi connectivity index (χ3n) is 5.10. The number of ether oxygens (including phenoxy) is 1. The van der Waals surface area contributed by atoms with Gasteiger partial charge in [0.15, 0.2) is 5.65 Å². The topological polar surface area (TPSA) is 91.2 Å². The quantitative estimate of drug-likeness (QED) is 0.555. The van der Waals surface area contributed by atoms with Crippen LogP contribution in [0.4, 0.5) is 10.3 Å². The number of nitrogens with two attached hydrogens (primary N) is 1. The van der Waals surface area contributed by atoms with Crippen LogP contribution in [0.15, 0.2) is 36.7 Å². The monoisotopic (exact) mass is 412 g/mol. The fourth-order valence-electron chi connectivity index (χ4n) is 3.72. The van der Waals surface area contributed by atoms with Gasteiger partial charge < -0.3 is 10.5 Å². The molecule has 2 N–H and O–H groups in total. The fraction of sp³-hybridized carbons (Fsp3) is 0.200. The predicted octanol–water partition coefficient (Wildman–Crippen LogP) is 3.16. The number of fused-ring (bicyclic) bond motifs is 2. The molecule has 0 aliphatic carbocycles. The number of aryl methyl sites for hydroxylation is 1. The Morgan fingerprint density at radius 2 is 2.03 bits per heavy atom. The minimum atomic E-state index is -0.285.